The maximum absolute atomic E-state index is 14.5. The van der Waals surface area contributed by atoms with Crippen molar-refractivity contribution in [1.29, 1.82) is 0 Å². The lowest BCUT2D eigenvalue weighted by Gasteiger charge is -2.12. The normalized spacial score (nSPS) is 13.1. The number of aromatic amines is 1. The molecule has 3 heterocycles. The van der Waals surface area contributed by atoms with Crippen LogP contribution in [-0.2, 0) is 6.42 Å². The molecule has 1 aromatic carbocycles. The van der Waals surface area contributed by atoms with Crippen LogP contribution >= 0.6 is 11.3 Å². The molecule has 164 valence electrons. The van der Waals surface area contributed by atoms with Gasteiger partial charge in [0.25, 0.3) is 0 Å². The number of nitrogens with one attached hydrogen (secondary N) is 1. The fourth-order valence-electron chi connectivity index (χ4n) is 3.85. The maximum Gasteiger partial charge on any atom is 0.126 e. The third-order valence-electron chi connectivity index (χ3n) is 5.31. The second-order valence-corrected chi connectivity index (χ2v) is 8.56. The van der Waals surface area contributed by atoms with Crippen molar-refractivity contribution in [3.63, 3.8) is 0 Å². The van der Waals surface area contributed by atoms with Crippen LogP contribution in [0.3, 0.4) is 0 Å². The Hall–Kier alpha value is -3.12. The molecule has 0 fully saturated rings. The number of benzene rings is 1. The van der Waals surface area contributed by atoms with Crippen LogP contribution in [0.15, 0.2) is 65.9 Å². The van der Waals surface area contributed by atoms with Gasteiger partial charge in [0.2, 0.25) is 0 Å². The Balaban J connectivity index is 1.76. The van der Waals surface area contributed by atoms with Crippen LogP contribution in [0, 0.1) is 0 Å². The molecule has 0 bridgehead atoms. The van der Waals surface area contributed by atoms with Crippen molar-refractivity contribution in [2.24, 2.45) is 0 Å². The van der Waals surface area contributed by atoms with Gasteiger partial charge < -0.3 is 0 Å². The van der Waals surface area contributed by atoms with Crippen LogP contribution in [0.1, 0.15) is 44.2 Å². The Morgan fingerprint density at radius 1 is 1.06 bits per heavy atom. The molecule has 3 aromatic heterocycles. The van der Waals surface area contributed by atoms with Crippen LogP contribution < -0.4 is 0 Å². The van der Waals surface area contributed by atoms with E-state index in [9.17, 15) is 8.78 Å². The zero-order valence-corrected chi connectivity index (χ0v) is 19.0. The van der Waals surface area contributed by atoms with Crippen molar-refractivity contribution < 1.29 is 8.78 Å². The van der Waals surface area contributed by atoms with Gasteiger partial charge in [-0.25, -0.2) is 8.78 Å². The number of aromatic nitrogens is 3. The van der Waals surface area contributed by atoms with Gasteiger partial charge in [-0.3, -0.25) is 10.1 Å². The molecule has 0 saturated heterocycles. The first-order valence-corrected chi connectivity index (χ1v) is 11.7. The minimum absolute atomic E-state index is 0.600. The van der Waals surface area contributed by atoms with Crippen LogP contribution in [0.2, 0.25) is 0 Å². The third kappa shape index (κ3) is 4.55. The van der Waals surface area contributed by atoms with E-state index in [0.717, 1.165) is 64.0 Å². The van der Waals surface area contributed by atoms with Gasteiger partial charge >= 0.3 is 0 Å². The van der Waals surface area contributed by atoms with E-state index in [1.165, 1.54) is 29.1 Å². The van der Waals surface area contributed by atoms with E-state index in [-0.39, 0.29) is 0 Å². The number of nitrogens with zero attached hydrogens (tertiary/aromatic N) is 2. The summed E-state index contributed by atoms with van der Waals surface area (Å²) in [5.41, 5.74) is 4.78. The number of fused-ring (bicyclic) bond motifs is 2. The number of unbranched alkanes of at least 4 members (excludes halogenated alkanes) is 1. The number of hydrogen-bond donors (Lipinski definition) is 1. The molecule has 4 aromatic rings. The Labute approximate surface area is 190 Å². The van der Waals surface area contributed by atoms with Crippen LogP contribution in [0.4, 0.5) is 8.78 Å². The summed E-state index contributed by atoms with van der Waals surface area (Å²) in [6.07, 6.45) is 12.4. The van der Waals surface area contributed by atoms with Crippen molar-refractivity contribution in [2.75, 3.05) is 0 Å². The molecule has 0 aliphatic rings. The number of H-pyrrole nitrogens is 1. The van der Waals surface area contributed by atoms with Gasteiger partial charge in [-0.05, 0) is 48.1 Å². The summed E-state index contributed by atoms with van der Waals surface area (Å²) in [4.78, 5) is 4.71. The quantitative estimate of drug-likeness (QED) is 0.275. The molecular formula is C26H25F2N3S. The number of allylic oxidation sites excluding steroid dienone is 5. The molecule has 4 rings (SSSR count). The third-order valence-corrected chi connectivity index (χ3v) is 6.27. The van der Waals surface area contributed by atoms with Crippen LogP contribution in [-0.4, -0.2) is 15.2 Å². The molecule has 0 saturated carbocycles. The van der Waals surface area contributed by atoms with Crippen molar-refractivity contribution in [1.82, 2.24) is 15.2 Å². The SMILES string of the molecule is CCC/C=C/C(F)=C\C(F)=C\c1cnc(-c2ccc3[nH]ncc3c2CCC)c2ccsc12. The van der Waals surface area contributed by atoms with Gasteiger partial charge in [-0.1, -0.05) is 38.8 Å². The van der Waals surface area contributed by atoms with Crippen molar-refractivity contribution in [3.05, 3.63) is 77.0 Å². The molecule has 1 N–H and O–H groups in total. The van der Waals surface area contributed by atoms with E-state index in [1.54, 1.807) is 12.3 Å². The zero-order chi connectivity index (χ0) is 22.5. The first kappa shape index (κ1) is 22.1. The van der Waals surface area contributed by atoms with Gasteiger partial charge in [0.05, 0.1) is 17.4 Å². The van der Waals surface area contributed by atoms with E-state index in [4.69, 9.17) is 4.98 Å². The average molecular weight is 450 g/mol. The van der Waals surface area contributed by atoms with Gasteiger partial charge in [-0.2, -0.15) is 5.10 Å². The topological polar surface area (TPSA) is 41.6 Å². The second-order valence-electron chi connectivity index (χ2n) is 7.65. The lowest BCUT2D eigenvalue weighted by molar-refractivity contribution is 0.634. The summed E-state index contributed by atoms with van der Waals surface area (Å²) in [6, 6.07) is 6.10. The Kier molecular flexibility index (Phi) is 6.90. The average Bonchev–Trinajstić information content (AvgIpc) is 3.45. The van der Waals surface area contributed by atoms with Crippen LogP contribution in [0.25, 0.3) is 38.3 Å². The van der Waals surface area contributed by atoms with E-state index < -0.39 is 11.7 Å². The van der Waals surface area contributed by atoms with E-state index >= 15 is 0 Å². The van der Waals surface area contributed by atoms with Gasteiger partial charge in [0, 0.05) is 38.9 Å². The summed E-state index contributed by atoms with van der Waals surface area (Å²) in [7, 11) is 0. The molecule has 0 amide bonds. The van der Waals surface area contributed by atoms with Gasteiger partial charge in [0.1, 0.15) is 11.7 Å². The predicted molar refractivity (Wildman–Crippen MR) is 131 cm³/mol. The number of rotatable bonds is 8. The van der Waals surface area contributed by atoms with Gasteiger partial charge in [-0.15, -0.1) is 11.3 Å². The monoisotopic (exact) mass is 449 g/mol. The van der Waals surface area contributed by atoms with Gasteiger partial charge in [0.15, 0.2) is 0 Å². The molecule has 0 aliphatic carbocycles. The molecule has 0 radical (unpaired) electrons. The van der Waals surface area contributed by atoms with Crippen LogP contribution in [0.5, 0.6) is 0 Å². The molecule has 0 atom stereocenters. The second kappa shape index (κ2) is 10.0. The Morgan fingerprint density at radius 2 is 1.94 bits per heavy atom. The first-order chi connectivity index (χ1) is 15.6. The molecule has 0 spiro atoms. The highest BCUT2D eigenvalue weighted by Crippen LogP contribution is 2.37. The molecule has 0 aliphatic heterocycles. The Bertz CT molecular complexity index is 1330. The first-order valence-electron chi connectivity index (χ1n) is 10.8. The lowest BCUT2D eigenvalue weighted by Crippen LogP contribution is -1.94. The molecule has 0 unspecified atom stereocenters. The fraction of sp³-hybridized carbons (Fsp3) is 0.231. The van der Waals surface area contributed by atoms with Crippen molar-refractivity contribution in [3.8, 4) is 11.3 Å². The van der Waals surface area contributed by atoms with E-state index in [1.807, 2.05) is 30.6 Å². The predicted octanol–water partition coefficient (Wildman–Crippen LogP) is 8.31. The summed E-state index contributed by atoms with van der Waals surface area (Å²) >= 11 is 1.53. The zero-order valence-electron chi connectivity index (χ0n) is 18.2. The smallest absolute Gasteiger partial charge is 0.126 e. The summed E-state index contributed by atoms with van der Waals surface area (Å²) in [5.74, 6) is -1.24. The van der Waals surface area contributed by atoms with Crippen molar-refractivity contribution in [2.45, 2.75) is 39.5 Å². The summed E-state index contributed by atoms with van der Waals surface area (Å²) < 4.78 is 29.3. The highest BCUT2D eigenvalue weighted by molar-refractivity contribution is 7.17. The number of pyridine rings is 1. The maximum atomic E-state index is 14.5. The van der Waals surface area contributed by atoms with Crippen molar-refractivity contribution >= 4 is 38.4 Å². The molecule has 32 heavy (non-hydrogen) atoms. The standard InChI is InChI=1S/C26H25F2N3S/c1-3-5-6-8-18(27)14-19(28)13-17-15-29-25(22-11-12-32-26(17)22)21-9-10-24-23(16-30-31-24)20(21)7-4-2/h6,8-16H,3-5,7H2,1-2H3,(H,30,31)/b8-6+,18-14+,19-13-. The number of hydrogen-bond acceptors (Lipinski definition) is 3. The summed E-state index contributed by atoms with van der Waals surface area (Å²) in [6.45, 7) is 4.16. The van der Waals surface area contributed by atoms with E-state index in [0.29, 0.717) is 5.56 Å². The summed E-state index contributed by atoms with van der Waals surface area (Å²) in [5, 5.41) is 11.3. The minimum atomic E-state index is -0.639. The molecular weight excluding hydrogens is 424 g/mol. The molecule has 6 heteroatoms. The molecule has 3 nitrogen and oxygen atoms in total. The van der Waals surface area contributed by atoms with E-state index in [2.05, 4.69) is 23.2 Å². The lowest BCUT2D eigenvalue weighted by atomic mass is 9.95. The number of aryl methyl sites for hydroxylation is 1. The highest BCUT2D eigenvalue weighted by atomic mass is 32.1. The highest BCUT2D eigenvalue weighted by Gasteiger charge is 2.16. The number of halogens is 2. The fourth-order valence-corrected chi connectivity index (χ4v) is 4.73. The number of thiophene rings is 1. The Morgan fingerprint density at radius 3 is 2.75 bits per heavy atom. The largest absolute Gasteiger partial charge is 0.278 e. The minimum Gasteiger partial charge on any atom is -0.278 e.